The Balaban J connectivity index is 0.00000576. The van der Waals surface area contributed by atoms with Gasteiger partial charge in [-0.1, -0.05) is 13.8 Å². The lowest BCUT2D eigenvalue weighted by Crippen LogP contribution is -2.39. The van der Waals surface area contributed by atoms with Crippen molar-refractivity contribution in [3.05, 3.63) is 23.9 Å². The van der Waals surface area contributed by atoms with Crippen molar-refractivity contribution in [2.24, 2.45) is 10.9 Å². The molecule has 0 aliphatic heterocycles. The summed E-state index contributed by atoms with van der Waals surface area (Å²) in [5.74, 6) is 1.93. The van der Waals surface area contributed by atoms with Crippen LogP contribution < -0.4 is 15.4 Å². The average molecular weight is 464 g/mol. The molecule has 1 heterocycles. The third-order valence-corrected chi connectivity index (χ3v) is 3.62. The maximum absolute atomic E-state index is 5.78. The fraction of sp³-hybridized carbons (Fsp3) is 0.667. The highest BCUT2D eigenvalue weighted by Gasteiger charge is 2.12. The molecule has 144 valence electrons. The van der Waals surface area contributed by atoms with Crippen LogP contribution in [0, 0.1) is 5.92 Å². The number of halogens is 1. The highest BCUT2D eigenvalue weighted by Crippen LogP contribution is 2.10. The van der Waals surface area contributed by atoms with E-state index in [0.717, 1.165) is 37.6 Å². The number of aromatic nitrogens is 1. The number of rotatable bonds is 10. The first-order valence-electron chi connectivity index (χ1n) is 8.73. The Morgan fingerprint density at radius 1 is 1.28 bits per heavy atom. The summed E-state index contributed by atoms with van der Waals surface area (Å²) in [5, 5.41) is 6.64. The third kappa shape index (κ3) is 9.84. The molecule has 1 rings (SSSR count). The Morgan fingerprint density at radius 2 is 2.04 bits per heavy atom. The van der Waals surface area contributed by atoms with Crippen LogP contribution in [-0.2, 0) is 11.3 Å². The zero-order chi connectivity index (χ0) is 17.8. The van der Waals surface area contributed by atoms with Gasteiger partial charge in [-0.15, -0.1) is 24.0 Å². The molecule has 1 unspecified atom stereocenters. The van der Waals surface area contributed by atoms with Crippen LogP contribution in [0.15, 0.2) is 23.3 Å². The van der Waals surface area contributed by atoms with Gasteiger partial charge < -0.3 is 20.1 Å². The van der Waals surface area contributed by atoms with E-state index < -0.39 is 0 Å². The summed E-state index contributed by atoms with van der Waals surface area (Å²) in [7, 11) is 1.62. The summed E-state index contributed by atoms with van der Waals surface area (Å²) in [4.78, 5) is 8.73. The topological polar surface area (TPSA) is 67.8 Å². The van der Waals surface area contributed by atoms with Crippen LogP contribution in [0.25, 0.3) is 0 Å². The predicted octanol–water partition coefficient (Wildman–Crippen LogP) is 3.21. The number of nitrogens with one attached hydrogen (secondary N) is 2. The van der Waals surface area contributed by atoms with Gasteiger partial charge in [0.05, 0.1) is 19.8 Å². The van der Waals surface area contributed by atoms with E-state index in [9.17, 15) is 0 Å². The zero-order valence-electron chi connectivity index (χ0n) is 16.0. The summed E-state index contributed by atoms with van der Waals surface area (Å²) in [5.41, 5.74) is 1.06. The van der Waals surface area contributed by atoms with Gasteiger partial charge in [0.1, 0.15) is 0 Å². The van der Waals surface area contributed by atoms with E-state index in [-0.39, 0.29) is 30.1 Å². The van der Waals surface area contributed by atoms with Gasteiger partial charge in [-0.3, -0.25) is 0 Å². The van der Waals surface area contributed by atoms with Crippen LogP contribution in [0.3, 0.4) is 0 Å². The van der Waals surface area contributed by atoms with E-state index in [0.29, 0.717) is 18.3 Å². The SMILES string of the molecule is CCNC(=NCc1ccnc(OC)c1)NCCC(OCC)C(C)C.I. The molecule has 0 aliphatic rings. The van der Waals surface area contributed by atoms with E-state index in [1.807, 2.05) is 19.1 Å². The summed E-state index contributed by atoms with van der Waals surface area (Å²) < 4.78 is 10.9. The number of hydrogen-bond donors (Lipinski definition) is 2. The number of pyridine rings is 1. The Bertz CT molecular complexity index is 498. The fourth-order valence-electron chi connectivity index (χ4n) is 2.33. The maximum atomic E-state index is 5.78. The molecule has 2 N–H and O–H groups in total. The lowest BCUT2D eigenvalue weighted by Gasteiger charge is -2.21. The molecule has 1 atom stereocenters. The van der Waals surface area contributed by atoms with E-state index in [1.54, 1.807) is 13.3 Å². The minimum Gasteiger partial charge on any atom is -0.481 e. The van der Waals surface area contributed by atoms with Crippen LogP contribution in [0.2, 0.25) is 0 Å². The molecule has 1 aromatic rings. The monoisotopic (exact) mass is 464 g/mol. The molecule has 0 radical (unpaired) electrons. The van der Waals surface area contributed by atoms with Crippen LogP contribution in [-0.4, -0.2) is 43.9 Å². The number of nitrogens with zero attached hydrogens (tertiary/aromatic N) is 2. The Labute approximate surface area is 169 Å². The highest BCUT2D eigenvalue weighted by molar-refractivity contribution is 14.0. The molecular weight excluding hydrogens is 431 g/mol. The first kappa shape index (κ1) is 23.9. The second-order valence-corrected chi connectivity index (χ2v) is 5.85. The first-order valence-corrected chi connectivity index (χ1v) is 8.73. The maximum Gasteiger partial charge on any atom is 0.213 e. The van der Waals surface area contributed by atoms with Crippen LogP contribution >= 0.6 is 24.0 Å². The van der Waals surface area contributed by atoms with Crippen LogP contribution in [0.1, 0.15) is 39.7 Å². The normalized spacial score (nSPS) is 12.5. The van der Waals surface area contributed by atoms with Gasteiger partial charge >= 0.3 is 0 Å². The summed E-state index contributed by atoms with van der Waals surface area (Å²) >= 11 is 0. The average Bonchev–Trinajstić information content (AvgIpc) is 2.58. The van der Waals surface area contributed by atoms with Crippen molar-refractivity contribution in [3.63, 3.8) is 0 Å². The highest BCUT2D eigenvalue weighted by atomic mass is 127. The molecule has 0 amide bonds. The van der Waals surface area contributed by atoms with Crippen molar-refractivity contribution in [1.82, 2.24) is 15.6 Å². The molecule has 6 nitrogen and oxygen atoms in total. The van der Waals surface area contributed by atoms with E-state index in [1.165, 1.54) is 0 Å². The second-order valence-electron chi connectivity index (χ2n) is 5.85. The van der Waals surface area contributed by atoms with Gasteiger partial charge in [0.15, 0.2) is 5.96 Å². The van der Waals surface area contributed by atoms with Crippen molar-refractivity contribution < 1.29 is 9.47 Å². The molecule has 7 heteroatoms. The molecular formula is C18H33IN4O2. The molecule has 0 saturated heterocycles. The summed E-state index contributed by atoms with van der Waals surface area (Å²) in [6.45, 7) is 11.5. The summed E-state index contributed by atoms with van der Waals surface area (Å²) in [6, 6.07) is 3.84. The number of ether oxygens (including phenoxy) is 2. The molecule has 0 bridgehead atoms. The van der Waals surface area contributed by atoms with Crippen molar-refractivity contribution >= 4 is 29.9 Å². The van der Waals surface area contributed by atoms with E-state index in [4.69, 9.17) is 9.47 Å². The van der Waals surface area contributed by atoms with Crippen molar-refractivity contribution in [3.8, 4) is 5.88 Å². The van der Waals surface area contributed by atoms with Crippen molar-refractivity contribution in [2.75, 3.05) is 26.8 Å². The van der Waals surface area contributed by atoms with Crippen LogP contribution in [0.5, 0.6) is 5.88 Å². The number of hydrogen-bond acceptors (Lipinski definition) is 4. The Morgan fingerprint density at radius 3 is 2.64 bits per heavy atom. The molecule has 1 aromatic heterocycles. The molecule has 25 heavy (non-hydrogen) atoms. The Hall–Kier alpha value is -1.09. The lowest BCUT2D eigenvalue weighted by molar-refractivity contribution is 0.0258. The Kier molecular flexibility index (Phi) is 13.5. The van der Waals surface area contributed by atoms with Gasteiger partial charge in [-0.05, 0) is 37.8 Å². The first-order chi connectivity index (χ1) is 11.6. The number of aliphatic imine (C=N–C) groups is 1. The van der Waals surface area contributed by atoms with E-state index in [2.05, 4.69) is 41.4 Å². The van der Waals surface area contributed by atoms with Crippen LogP contribution in [0.4, 0.5) is 0 Å². The van der Waals surface area contributed by atoms with Gasteiger partial charge in [-0.2, -0.15) is 0 Å². The quantitative estimate of drug-likeness (QED) is 0.316. The largest absolute Gasteiger partial charge is 0.481 e. The molecule has 0 fully saturated rings. The second kappa shape index (κ2) is 14.1. The van der Waals surface area contributed by atoms with Crippen molar-refractivity contribution in [2.45, 2.75) is 46.8 Å². The van der Waals surface area contributed by atoms with Gasteiger partial charge in [0.2, 0.25) is 5.88 Å². The molecule has 0 aliphatic carbocycles. The number of guanidine groups is 1. The minimum absolute atomic E-state index is 0. The molecule has 0 aromatic carbocycles. The van der Waals surface area contributed by atoms with Gasteiger partial charge in [0, 0.05) is 32.0 Å². The molecule has 0 saturated carbocycles. The smallest absolute Gasteiger partial charge is 0.213 e. The molecule has 0 spiro atoms. The van der Waals surface area contributed by atoms with Gasteiger partial charge in [-0.25, -0.2) is 9.98 Å². The number of methoxy groups -OCH3 is 1. The minimum atomic E-state index is 0. The zero-order valence-corrected chi connectivity index (χ0v) is 18.4. The third-order valence-electron chi connectivity index (χ3n) is 3.62. The summed E-state index contributed by atoms with van der Waals surface area (Å²) in [6.07, 6.45) is 2.97. The van der Waals surface area contributed by atoms with Crippen molar-refractivity contribution in [1.29, 1.82) is 0 Å². The lowest BCUT2D eigenvalue weighted by atomic mass is 10.0. The predicted molar refractivity (Wildman–Crippen MR) is 114 cm³/mol. The van der Waals surface area contributed by atoms with E-state index >= 15 is 0 Å². The standard InChI is InChI=1S/C18H32N4O2.HI/c1-6-19-18(21-11-9-16(14(3)4)24-7-2)22-13-15-8-10-20-17(12-15)23-5;/h8,10,12,14,16H,6-7,9,11,13H2,1-5H3,(H2,19,21,22);1H. The fourth-order valence-corrected chi connectivity index (χ4v) is 2.33. The van der Waals surface area contributed by atoms with Gasteiger partial charge in [0.25, 0.3) is 0 Å².